The number of urea groups is 1. The van der Waals surface area contributed by atoms with Crippen LogP contribution < -0.4 is 5.32 Å². The van der Waals surface area contributed by atoms with E-state index in [1.807, 2.05) is 26.1 Å². The number of carbonyl (C=O) groups is 1. The van der Waals surface area contributed by atoms with Gasteiger partial charge >= 0.3 is 6.03 Å². The number of aromatic amines is 1. The quantitative estimate of drug-likeness (QED) is 0.653. The van der Waals surface area contributed by atoms with Crippen LogP contribution in [0, 0.1) is 5.82 Å². The number of hydrogen-bond donors (Lipinski definition) is 2. The van der Waals surface area contributed by atoms with Crippen molar-refractivity contribution in [1.82, 2.24) is 25.3 Å². The molecule has 6 nitrogen and oxygen atoms in total. The Bertz CT molecular complexity index is 744. The SMILES string of the molecule is CCN(CC)C[C@@H](C)NC(=O)N(C)CCCc1cc(-c2cccc(F)c2)n[nH]1. The van der Waals surface area contributed by atoms with Crippen LogP contribution in [0.25, 0.3) is 11.3 Å². The smallest absolute Gasteiger partial charge is 0.317 e. The van der Waals surface area contributed by atoms with Gasteiger partial charge in [-0.3, -0.25) is 5.10 Å². The third-order valence-electron chi connectivity index (χ3n) is 4.83. The topological polar surface area (TPSA) is 64.3 Å². The summed E-state index contributed by atoms with van der Waals surface area (Å²) >= 11 is 0. The van der Waals surface area contributed by atoms with Crippen LogP contribution in [0.3, 0.4) is 0 Å². The summed E-state index contributed by atoms with van der Waals surface area (Å²) in [7, 11) is 1.81. The molecule has 7 heteroatoms. The first-order valence-corrected chi connectivity index (χ1v) is 9.97. The molecule has 0 saturated carbocycles. The fourth-order valence-corrected chi connectivity index (χ4v) is 3.13. The zero-order valence-electron chi connectivity index (χ0n) is 17.3. The largest absolute Gasteiger partial charge is 0.334 e. The number of aryl methyl sites for hydroxylation is 1. The van der Waals surface area contributed by atoms with Crippen LogP contribution in [0.15, 0.2) is 30.3 Å². The summed E-state index contributed by atoms with van der Waals surface area (Å²) in [6, 6.07) is 8.38. The minimum absolute atomic E-state index is 0.0512. The van der Waals surface area contributed by atoms with E-state index in [1.54, 1.807) is 11.0 Å². The van der Waals surface area contributed by atoms with Crippen molar-refractivity contribution in [2.24, 2.45) is 0 Å². The summed E-state index contributed by atoms with van der Waals surface area (Å²) in [6.45, 7) is 9.74. The second-order valence-electron chi connectivity index (χ2n) is 7.15. The molecule has 2 N–H and O–H groups in total. The molecule has 0 bridgehead atoms. The molecular formula is C21H32FN5O. The number of hydrogen-bond acceptors (Lipinski definition) is 3. The van der Waals surface area contributed by atoms with E-state index in [9.17, 15) is 9.18 Å². The van der Waals surface area contributed by atoms with Crippen LogP contribution >= 0.6 is 0 Å². The highest BCUT2D eigenvalue weighted by molar-refractivity contribution is 5.74. The molecule has 1 heterocycles. The van der Waals surface area contributed by atoms with Gasteiger partial charge in [0.2, 0.25) is 0 Å². The average Bonchev–Trinajstić information content (AvgIpc) is 3.15. The molecule has 0 saturated heterocycles. The monoisotopic (exact) mass is 389 g/mol. The number of benzene rings is 1. The molecule has 0 unspecified atom stereocenters. The molecule has 2 rings (SSSR count). The molecule has 0 aliphatic rings. The Labute approximate surface area is 167 Å². The summed E-state index contributed by atoms with van der Waals surface area (Å²) in [4.78, 5) is 16.3. The number of likely N-dealkylation sites (N-methyl/N-ethyl adjacent to an activating group) is 1. The van der Waals surface area contributed by atoms with E-state index < -0.39 is 0 Å². The van der Waals surface area contributed by atoms with Gasteiger partial charge in [0, 0.05) is 37.4 Å². The van der Waals surface area contributed by atoms with Gasteiger partial charge in [-0.05, 0) is 51.1 Å². The number of amides is 2. The molecule has 2 amide bonds. The van der Waals surface area contributed by atoms with Gasteiger partial charge in [0.05, 0.1) is 5.69 Å². The molecule has 0 aliphatic heterocycles. The molecule has 154 valence electrons. The maximum atomic E-state index is 13.3. The van der Waals surface area contributed by atoms with Crippen LogP contribution in [0.1, 0.15) is 32.9 Å². The number of nitrogens with zero attached hydrogens (tertiary/aromatic N) is 3. The fraction of sp³-hybridized carbons (Fsp3) is 0.524. The molecule has 1 aromatic carbocycles. The summed E-state index contributed by atoms with van der Waals surface area (Å²) < 4.78 is 13.3. The lowest BCUT2D eigenvalue weighted by molar-refractivity contribution is 0.198. The summed E-state index contributed by atoms with van der Waals surface area (Å²) in [5.41, 5.74) is 2.45. The molecule has 1 aromatic heterocycles. The van der Waals surface area contributed by atoms with Crippen LogP contribution in [-0.2, 0) is 6.42 Å². The Hall–Kier alpha value is -2.41. The van der Waals surface area contributed by atoms with Crippen molar-refractivity contribution in [3.63, 3.8) is 0 Å². The van der Waals surface area contributed by atoms with E-state index in [4.69, 9.17) is 0 Å². The summed E-state index contributed by atoms with van der Waals surface area (Å²) in [6.07, 6.45) is 1.59. The third kappa shape index (κ3) is 6.64. The zero-order valence-corrected chi connectivity index (χ0v) is 17.3. The average molecular weight is 390 g/mol. The lowest BCUT2D eigenvalue weighted by atomic mass is 10.1. The second-order valence-corrected chi connectivity index (χ2v) is 7.15. The van der Waals surface area contributed by atoms with Gasteiger partial charge in [-0.15, -0.1) is 0 Å². The standard InChI is InChI=1S/C21H32FN5O/c1-5-27(6-2)15-16(3)23-21(28)26(4)12-8-11-19-14-20(25-24-19)17-9-7-10-18(22)13-17/h7,9-10,13-14,16H,5-6,8,11-12,15H2,1-4H3,(H,23,28)(H,24,25)/t16-/m1/s1. The number of H-pyrrole nitrogens is 1. The van der Waals surface area contributed by atoms with Crippen molar-refractivity contribution in [3.05, 3.63) is 41.8 Å². The first-order chi connectivity index (χ1) is 13.4. The molecule has 0 radical (unpaired) electrons. The number of aromatic nitrogens is 2. The molecule has 1 atom stereocenters. The molecule has 28 heavy (non-hydrogen) atoms. The summed E-state index contributed by atoms with van der Waals surface area (Å²) in [5, 5.41) is 10.3. The molecule has 0 fully saturated rings. The normalized spacial score (nSPS) is 12.2. The number of halogens is 1. The van der Waals surface area contributed by atoms with Crippen LogP contribution in [-0.4, -0.2) is 65.3 Å². The van der Waals surface area contributed by atoms with E-state index in [0.29, 0.717) is 6.54 Å². The number of nitrogens with one attached hydrogen (secondary N) is 2. The van der Waals surface area contributed by atoms with E-state index in [0.717, 1.165) is 49.4 Å². The predicted molar refractivity (Wildman–Crippen MR) is 111 cm³/mol. The van der Waals surface area contributed by atoms with Crippen molar-refractivity contribution in [2.75, 3.05) is 33.2 Å². The van der Waals surface area contributed by atoms with Crippen molar-refractivity contribution in [1.29, 1.82) is 0 Å². The second kappa shape index (κ2) is 10.8. The summed E-state index contributed by atoms with van der Waals surface area (Å²) in [5.74, 6) is -0.273. The van der Waals surface area contributed by atoms with Crippen molar-refractivity contribution >= 4 is 6.03 Å². The van der Waals surface area contributed by atoms with Crippen molar-refractivity contribution < 1.29 is 9.18 Å². The Morgan fingerprint density at radius 3 is 2.71 bits per heavy atom. The minimum atomic E-state index is -0.273. The van der Waals surface area contributed by atoms with E-state index in [2.05, 4.69) is 34.3 Å². The molecule has 2 aromatic rings. The highest BCUT2D eigenvalue weighted by atomic mass is 19.1. The van der Waals surface area contributed by atoms with Gasteiger partial charge < -0.3 is 15.1 Å². The molecule has 0 spiro atoms. The Morgan fingerprint density at radius 1 is 1.29 bits per heavy atom. The predicted octanol–water partition coefficient (Wildman–Crippen LogP) is 3.52. The maximum absolute atomic E-state index is 13.3. The lowest BCUT2D eigenvalue weighted by Gasteiger charge is -2.25. The highest BCUT2D eigenvalue weighted by Crippen LogP contribution is 2.19. The molecular weight excluding hydrogens is 357 g/mol. The highest BCUT2D eigenvalue weighted by Gasteiger charge is 2.14. The first-order valence-electron chi connectivity index (χ1n) is 9.97. The van der Waals surface area contributed by atoms with E-state index in [-0.39, 0.29) is 17.9 Å². The van der Waals surface area contributed by atoms with Gasteiger partial charge in [-0.2, -0.15) is 5.10 Å². The van der Waals surface area contributed by atoms with Crippen LogP contribution in [0.4, 0.5) is 9.18 Å². The van der Waals surface area contributed by atoms with Crippen molar-refractivity contribution in [3.8, 4) is 11.3 Å². The van der Waals surface area contributed by atoms with E-state index in [1.165, 1.54) is 12.1 Å². The van der Waals surface area contributed by atoms with Gasteiger partial charge in [0.25, 0.3) is 0 Å². The van der Waals surface area contributed by atoms with Crippen LogP contribution in [0.5, 0.6) is 0 Å². The number of carbonyl (C=O) groups excluding carboxylic acids is 1. The van der Waals surface area contributed by atoms with Gasteiger partial charge in [-0.25, -0.2) is 9.18 Å². The lowest BCUT2D eigenvalue weighted by Crippen LogP contribution is -2.47. The minimum Gasteiger partial charge on any atom is -0.334 e. The molecule has 0 aliphatic carbocycles. The third-order valence-corrected chi connectivity index (χ3v) is 4.83. The maximum Gasteiger partial charge on any atom is 0.317 e. The fourth-order valence-electron chi connectivity index (χ4n) is 3.13. The zero-order chi connectivity index (χ0) is 20.5. The number of rotatable bonds is 10. The first kappa shape index (κ1) is 21.9. The van der Waals surface area contributed by atoms with Gasteiger partial charge in [0.1, 0.15) is 5.82 Å². The van der Waals surface area contributed by atoms with Gasteiger partial charge in [-0.1, -0.05) is 26.0 Å². The Kier molecular flexibility index (Phi) is 8.44. The Morgan fingerprint density at radius 2 is 2.04 bits per heavy atom. The van der Waals surface area contributed by atoms with Crippen molar-refractivity contribution in [2.45, 2.75) is 39.7 Å². The van der Waals surface area contributed by atoms with E-state index >= 15 is 0 Å². The van der Waals surface area contributed by atoms with Crippen LogP contribution in [0.2, 0.25) is 0 Å². The Balaban J connectivity index is 1.76. The van der Waals surface area contributed by atoms with Gasteiger partial charge in [0.15, 0.2) is 0 Å².